The first-order chi connectivity index (χ1) is 8.11. The van der Waals surface area contributed by atoms with Gasteiger partial charge in [-0.2, -0.15) is 0 Å². The van der Waals surface area contributed by atoms with Gasteiger partial charge in [0.05, 0.1) is 11.4 Å². The van der Waals surface area contributed by atoms with E-state index in [0.29, 0.717) is 11.3 Å². The van der Waals surface area contributed by atoms with Gasteiger partial charge in [0.15, 0.2) is 0 Å². The first-order valence-corrected chi connectivity index (χ1v) is 5.28. The zero-order valence-electron chi connectivity index (χ0n) is 9.77. The molecule has 0 radical (unpaired) electrons. The fourth-order valence-corrected chi connectivity index (χ4v) is 1.88. The highest BCUT2D eigenvalue weighted by atomic mass is 16.1. The van der Waals surface area contributed by atoms with Crippen LogP contribution in [0.15, 0.2) is 30.6 Å². The lowest BCUT2D eigenvalue weighted by Gasteiger charge is -2.10. The van der Waals surface area contributed by atoms with Crippen molar-refractivity contribution >= 4 is 5.91 Å². The largest absolute Gasteiger partial charge is 0.366 e. The summed E-state index contributed by atoms with van der Waals surface area (Å²) in [6.07, 6.45) is 3.34. The van der Waals surface area contributed by atoms with Crippen LogP contribution >= 0.6 is 0 Å². The Bertz CT molecular complexity index is 564. The van der Waals surface area contributed by atoms with Gasteiger partial charge in [-0.05, 0) is 37.1 Å². The minimum absolute atomic E-state index is 0.431. The molecular weight excluding hydrogens is 214 g/mol. The summed E-state index contributed by atoms with van der Waals surface area (Å²) < 4.78 is 0. The lowest BCUT2D eigenvalue weighted by Crippen LogP contribution is -2.15. The van der Waals surface area contributed by atoms with Crippen molar-refractivity contribution < 1.29 is 4.79 Å². The lowest BCUT2D eigenvalue weighted by atomic mass is 10.0. The van der Waals surface area contributed by atoms with Crippen LogP contribution in [-0.4, -0.2) is 15.9 Å². The van der Waals surface area contributed by atoms with Gasteiger partial charge in [0.2, 0.25) is 5.91 Å². The second-order valence-corrected chi connectivity index (χ2v) is 3.87. The van der Waals surface area contributed by atoms with E-state index in [9.17, 15) is 4.79 Å². The third-order valence-electron chi connectivity index (χ3n) is 2.67. The molecule has 1 amide bonds. The van der Waals surface area contributed by atoms with Crippen LogP contribution in [0, 0.1) is 13.8 Å². The molecule has 0 atom stereocenters. The molecular formula is C13H13N3O. The van der Waals surface area contributed by atoms with Crippen molar-refractivity contribution in [3.8, 4) is 11.4 Å². The summed E-state index contributed by atoms with van der Waals surface area (Å²) in [4.78, 5) is 19.9. The molecule has 2 heterocycles. The van der Waals surface area contributed by atoms with Crippen LogP contribution < -0.4 is 5.73 Å². The SMILES string of the molecule is Cc1cnc(-c2ccccn2)c(C)c1C(N)=O. The van der Waals surface area contributed by atoms with E-state index in [1.165, 1.54) is 0 Å². The topological polar surface area (TPSA) is 68.9 Å². The molecule has 2 N–H and O–H groups in total. The van der Waals surface area contributed by atoms with Crippen molar-refractivity contribution in [2.75, 3.05) is 0 Å². The van der Waals surface area contributed by atoms with E-state index in [-0.39, 0.29) is 0 Å². The Labute approximate surface area is 99.5 Å². The van der Waals surface area contributed by atoms with E-state index in [4.69, 9.17) is 5.73 Å². The Morgan fingerprint density at radius 2 is 2.00 bits per heavy atom. The smallest absolute Gasteiger partial charge is 0.249 e. The quantitative estimate of drug-likeness (QED) is 0.851. The van der Waals surface area contributed by atoms with Crippen LogP contribution in [-0.2, 0) is 0 Å². The summed E-state index contributed by atoms with van der Waals surface area (Å²) in [7, 11) is 0. The van der Waals surface area contributed by atoms with Crippen molar-refractivity contribution in [1.82, 2.24) is 9.97 Å². The summed E-state index contributed by atoms with van der Waals surface area (Å²) in [5.41, 5.74) is 8.91. The van der Waals surface area contributed by atoms with Crippen LogP contribution in [0.5, 0.6) is 0 Å². The van der Waals surface area contributed by atoms with Crippen molar-refractivity contribution in [1.29, 1.82) is 0 Å². The van der Waals surface area contributed by atoms with E-state index in [1.807, 2.05) is 32.0 Å². The van der Waals surface area contributed by atoms with Crippen LogP contribution in [0.4, 0.5) is 0 Å². The molecule has 2 rings (SSSR count). The predicted octanol–water partition coefficient (Wildman–Crippen LogP) is 1.86. The monoisotopic (exact) mass is 227 g/mol. The van der Waals surface area contributed by atoms with E-state index in [2.05, 4.69) is 9.97 Å². The maximum atomic E-state index is 11.4. The Hall–Kier alpha value is -2.23. The predicted molar refractivity (Wildman–Crippen MR) is 65.5 cm³/mol. The second-order valence-electron chi connectivity index (χ2n) is 3.87. The van der Waals surface area contributed by atoms with Crippen molar-refractivity contribution in [3.05, 3.63) is 47.3 Å². The average molecular weight is 227 g/mol. The summed E-state index contributed by atoms with van der Waals surface area (Å²) in [5.74, 6) is -0.431. The second kappa shape index (κ2) is 4.33. The lowest BCUT2D eigenvalue weighted by molar-refractivity contribution is 0.0999. The van der Waals surface area contributed by atoms with E-state index >= 15 is 0 Å². The number of nitrogens with two attached hydrogens (primary N) is 1. The van der Waals surface area contributed by atoms with Gasteiger partial charge in [-0.15, -0.1) is 0 Å². The Morgan fingerprint density at radius 1 is 1.24 bits per heavy atom. The number of amides is 1. The van der Waals surface area contributed by atoms with Gasteiger partial charge in [0, 0.05) is 18.0 Å². The molecule has 4 nitrogen and oxygen atoms in total. The fourth-order valence-electron chi connectivity index (χ4n) is 1.88. The molecule has 86 valence electrons. The molecule has 0 aliphatic heterocycles. The number of hydrogen-bond acceptors (Lipinski definition) is 3. The molecule has 2 aromatic heterocycles. The van der Waals surface area contributed by atoms with Gasteiger partial charge in [-0.25, -0.2) is 0 Å². The molecule has 0 saturated heterocycles. The van der Waals surface area contributed by atoms with Gasteiger partial charge in [-0.3, -0.25) is 14.8 Å². The Kier molecular flexibility index (Phi) is 2.87. The van der Waals surface area contributed by atoms with E-state index in [1.54, 1.807) is 12.4 Å². The normalized spacial score (nSPS) is 10.2. The molecule has 0 aromatic carbocycles. The van der Waals surface area contributed by atoms with Crippen molar-refractivity contribution in [2.24, 2.45) is 5.73 Å². The van der Waals surface area contributed by atoms with Gasteiger partial charge in [0.1, 0.15) is 0 Å². The molecule has 0 aliphatic rings. The van der Waals surface area contributed by atoms with Crippen LogP contribution in [0.25, 0.3) is 11.4 Å². The summed E-state index contributed by atoms with van der Waals surface area (Å²) in [6, 6.07) is 5.57. The molecule has 17 heavy (non-hydrogen) atoms. The summed E-state index contributed by atoms with van der Waals surface area (Å²) >= 11 is 0. The summed E-state index contributed by atoms with van der Waals surface area (Å²) in [5, 5.41) is 0. The maximum Gasteiger partial charge on any atom is 0.249 e. The Morgan fingerprint density at radius 3 is 2.59 bits per heavy atom. The first-order valence-electron chi connectivity index (χ1n) is 5.28. The third kappa shape index (κ3) is 2.01. The molecule has 0 fully saturated rings. The number of primary amides is 1. The van der Waals surface area contributed by atoms with Gasteiger partial charge in [-0.1, -0.05) is 6.07 Å². The number of aryl methyl sites for hydroxylation is 1. The van der Waals surface area contributed by atoms with E-state index < -0.39 is 5.91 Å². The van der Waals surface area contributed by atoms with Crippen LogP contribution in [0.1, 0.15) is 21.5 Å². The zero-order valence-corrected chi connectivity index (χ0v) is 9.77. The minimum atomic E-state index is -0.431. The number of carbonyl (C=O) groups is 1. The number of rotatable bonds is 2. The van der Waals surface area contributed by atoms with E-state index in [0.717, 1.165) is 16.8 Å². The average Bonchev–Trinajstić information content (AvgIpc) is 2.30. The third-order valence-corrected chi connectivity index (χ3v) is 2.67. The van der Waals surface area contributed by atoms with Gasteiger partial charge in [0.25, 0.3) is 0 Å². The Balaban J connectivity index is 2.66. The van der Waals surface area contributed by atoms with Crippen molar-refractivity contribution in [2.45, 2.75) is 13.8 Å². The minimum Gasteiger partial charge on any atom is -0.366 e. The number of aromatic nitrogens is 2. The number of nitrogens with zero attached hydrogens (tertiary/aromatic N) is 2. The molecule has 0 spiro atoms. The molecule has 0 unspecified atom stereocenters. The molecule has 0 saturated carbocycles. The highest BCUT2D eigenvalue weighted by Gasteiger charge is 2.14. The highest BCUT2D eigenvalue weighted by molar-refractivity contribution is 5.97. The first kappa shape index (κ1) is 11.3. The highest BCUT2D eigenvalue weighted by Crippen LogP contribution is 2.23. The van der Waals surface area contributed by atoms with Crippen LogP contribution in [0.3, 0.4) is 0 Å². The number of hydrogen-bond donors (Lipinski definition) is 1. The summed E-state index contributed by atoms with van der Waals surface area (Å²) in [6.45, 7) is 3.66. The van der Waals surface area contributed by atoms with Gasteiger partial charge >= 0.3 is 0 Å². The van der Waals surface area contributed by atoms with Crippen LogP contribution in [0.2, 0.25) is 0 Å². The zero-order chi connectivity index (χ0) is 12.4. The molecule has 0 aliphatic carbocycles. The standard InChI is InChI=1S/C13H13N3O/c1-8-7-16-12(9(2)11(8)13(14)17)10-5-3-4-6-15-10/h3-7H,1-2H3,(H2,14,17). The molecule has 4 heteroatoms. The van der Waals surface area contributed by atoms with Gasteiger partial charge < -0.3 is 5.73 Å². The van der Waals surface area contributed by atoms with Crippen molar-refractivity contribution in [3.63, 3.8) is 0 Å². The maximum absolute atomic E-state index is 11.4. The fraction of sp³-hybridized carbons (Fsp3) is 0.154. The number of carbonyl (C=O) groups excluding carboxylic acids is 1. The molecule has 2 aromatic rings. The number of pyridine rings is 2. The molecule has 0 bridgehead atoms.